The fourth-order valence-corrected chi connectivity index (χ4v) is 5.87. The zero-order valence-electron chi connectivity index (χ0n) is 23.5. The number of hydrogen-bond acceptors (Lipinski definition) is 6. The molecule has 2 unspecified atom stereocenters. The van der Waals surface area contributed by atoms with Gasteiger partial charge in [0.05, 0.1) is 7.11 Å². The molecule has 0 bridgehead atoms. The first kappa shape index (κ1) is 27.2. The van der Waals surface area contributed by atoms with Crippen LogP contribution in [0.2, 0.25) is 0 Å². The van der Waals surface area contributed by atoms with Crippen LogP contribution in [0.15, 0.2) is 95.5 Å². The minimum absolute atomic E-state index is 0.0482. The molecule has 0 saturated carbocycles. The molecule has 0 radical (unpaired) electrons. The van der Waals surface area contributed by atoms with Crippen LogP contribution in [-0.2, 0) is 9.59 Å². The molecule has 0 saturated heterocycles. The van der Waals surface area contributed by atoms with Gasteiger partial charge in [0.15, 0.2) is 5.78 Å². The highest BCUT2D eigenvalue weighted by atomic mass is 16.5. The predicted octanol–water partition coefficient (Wildman–Crippen LogP) is 5.94. The molecule has 2 heterocycles. The van der Waals surface area contributed by atoms with Crippen molar-refractivity contribution >= 4 is 23.2 Å². The second kappa shape index (κ2) is 11.8. The van der Waals surface area contributed by atoms with Crippen molar-refractivity contribution in [1.82, 2.24) is 10.3 Å². The summed E-state index contributed by atoms with van der Waals surface area (Å²) in [6.45, 7) is 7.98. The molecule has 0 spiro atoms. The first-order chi connectivity index (χ1) is 19.4. The van der Waals surface area contributed by atoms with Crippen molar-refractivity contribution in [3.63, 3.8) is 0 Å². The number of ether oxygens (including phenoxy) is 1. The number of nitrogens with zero attached hydrogens (tertiary/aromatic N) is 2. The van der Waals surface area contributed by atoms with Crippen molar-refractivity contribution in [3.05, 3.63) is 107 Å². The first-order valence-electron chi connectivity index (χ1n) is 13.9. The molecule has 1 aromatic heterocycles. The molecule has 206 valence electrons. The Bertz CT molecular complexity index is 1440. The van der Waals surface area contributed by atoms with Crippen LogP contribution >= 0.6 is 0 Å². The first-order valence-corrected chi connectivity index (χ1v) is 13.9. The van der Waals surface area contributed by atoms with E-state index in [2.05, 4.69) is 58.6 Å². The van der Waals surface area contributed by atoms with Crippen LogP contribution in [0.25, 0.3) is 0 Å². The number of aromatic nitrogens is 1. The highest BCUT2D eigenvalue weighted by Crippen LogP contribution is 2.46. The van der Waals surface area contributed by atoms with Crippen molar-refractivity contribution < 1.29 is 14.3 Å². The Balaban J connectivity index is 1.54. The van der Waals surface area contributed by atoms with E-state index < -0.39 is 5.92 Å². The topological polar surface area (TPSA) is 83.6 Å². The SMILES string of the molecule is CCN(CC)c1ccc(C2C(C(=O)Nc3ccccn3)=C(C)NC3=C2C(=O)CC(c2ccc(OC)cc2)C3)cc1. The van der Waals surface area contributed by atoms with Crippen LogP contribution < -0.4 is 20.3 Å². The Morgan fingerprint density at radius 1 is 1.00 bits per heavy atom. The fraction of sp³-hybridized carbons (Fsp3) is 0.303. The maximum Gasteiger partial charge on any atom is 0.255 e. The number of rotatable bonds is 8. The van der Waals surface area contributed by atoms with Gasteiger partial charge >= 0.3 is 0 Å². The van der Waals surface area contributed by atoms with Gasteiger partial charge in [-0.05, 0) is 80.6 Å². The summed E-state index contributed by atoms with van der Waals surface area (Å²) in [7, 11) is 1.65. The van der Waals surface area contributed by atoms with Gasteiger partial charge in [0.1, 0.15) is 11.6 Å². The average molecular weight is 537 g/mol. The minimum Gasteiger partial charge on any atom is -0.497 e. The van der Waals surface area contributed by atoms with E-state index >= 15 is 0 Å². The van der Waals surface area contributed by atoms with E-state index in [1.807, 2.05) is 37.3 Å². The molecule has 5 rings (SSSR count). The molecule has 0 fully saturated rings. The van der Waals surface area contributed by atoms with E-state index in [4.69, 9.17) is 4.74 Å². The Labute approximate surface area is 236 Å². The number of hydrogen-bond donors (Lipinski definition) is 2. The van der Waals surface area contributed by atoms with Crippen molar-refractivity contribution in [3.8, 4) is 5.75 Å². The number of methoxy groups -OCH3 is 1. The van der Waals surface area contributed by atoms with Gasteiger partial charge in [-0.3, -0.25) is 9.59 Å². The van der Waals surface area contributed by atoms with Crippen LogP contribution in [0, 0.1) is 0 Å². The lowest BCUT2D eigenvalue weighted by molar-refractivity contribution is -0.116. The fourth-order valence-electron chi connectivity index (χ4n) is 5.87. The molecule has 2 aromatic carbocycles. The van der Waals surface area contributed by atoms with E-state index in [0.29, 0.717) is 29.8 Å². The van der Waals surface area contributed by atoms with Gasteiger partial charge in [-0.2, -0.15) is 0 Å². The summed E-state index contributed by atoms with van der Waals surface area (Å²) in [5.41, 5.74) is 5.99. The van der Waals surface area contributed by atoms with Crippen molar-refractivity contribution in [1.29, 1.82) is 0 Å². The molecule has 7 nitrogen and oxygen atoms in total. The van der Waals surface area contributed by atoms with Crippen LogP contribution in [0.5, 0.6) is 5.75 Å². The lowest BCUT2D eigenvalue weighted by Gasteiger charge is -2.37. The third-order valence-corrected chi connectivity index (χ3v) is 7.92. The maximum absolute atomic E-state index is 13.9. The minimum atomic E-state index is -0.477. The lowest BCUT2D eigenvalue weighted by Crippen LogP contribution is -2.37. The van der Waals surface area contributed by atoms with E-state index in [9.17, 15) is 9.59 Å². The molecule has 2 N–H and O–H groups in total. The van der Waals surface area contributed by atoms with Crippen molar-refractivity contribution in [2.75, 3.05) is 30.4 Å². The molecule has 7 heteroatoms. The summed E-state index contributed by atoms with van der Waals surface area (Å²) >= 11 is 0. The van der Waals surface area contributed by atoms with E-state index in [-0.39, 0.29) is 17.6 Å². The summed E-state index contributed by atoms with van der Waals surface area (Å²) in [6, 6.07) is 21.6. The number of allylic oxidation sites excluding steroid dienone is 3. The maximum atomic E-state index is 13.9. The highest BCUT2D eigenvalue weighted by Gasteiger charge is 2.41. The number of anilines is 2. The highest BCUT2D eigenvalue weighted by molar-refractivity contribution is 6.09. The summed E-state index contributed by atoms with van der Waals surface area (Å²) in [5.74, 6) is 0.623. The van der Waals surface area contributed by atoms with Crippen molar-refractivity contribution in [2.24, 2.45) is 0 Å². The van der Waals surface area contributed by atoms with Gasteiger partial charge in [-0.1, -0.05) is 30.3 Å². The molecule has 2 atom stereocenters. The Morgan fingerprint density at radius 3 is 2.33 bits per heavy atom. The van der Waals surface area contributed by atoms with Gasteiger partial charge in [-0.25, -0.2) is 4.98 Å². The third-order valence-electron chi connectivity index (χ3n) is 7.92. The molecule has 1 aliphatic carbocycles. The molecule has 1 amide bonds. The van der Waals surface area contributed by atoms with Gasteiger partial charge < -0.3 is 20.3 Å². The summed E-state index contributed by atoms with van der Waals surface area (Å²) in [5, 5.41) is 6.40. The summed E-state index contributed by atoms with van der Waals surface area (Å²) < 4.78 is 5.31. The number of dihydropyridines is 1. The molecule has 40 heavy (non-hydrogen) atoms. The molecule has 3 aromatic rings. The predicted molar refractivity (Wildman–Crippen MR) is 158 cm³/mol. The van der Waals surface area contributed by atoms with Gasteiger partial charge in [-0.15, -0.1) is 0 Å². The zero-order valence-corrected chi connectivity index (χ0v) is 23.5. The zero-order chi connectivity index (χ0) is 28.2. The van der Waals surface area contributed by atoms with Crippen LogP contribution in [0.3, 0.4) is 0 Å². The number of nitrogens with one attached hydrogen (secondary N) is 2. The van der Waals surface area contributed by atoms with Gasteiger partial charge in [0.2, 0.25) is 0 Å². The summed E-state index contributed by atoms with van der Waals surface area (Å²) in [4.78, 5) is 34.2. The smallest absolute Gasteiger partial charge is 0.255 e. The number of benzene rings is 2. The van der Waals surface area contributed by atoms with Crippen LogP contribution in [0.1, 0.15) is 56.6 Å². The molecule has 1 aliphatic heterocycles. The standard InChI is InChI=1S/C33H36N4O3/c1-5-37(6-2)25-14-10-23(11-15-25)31-30(33(39)36-29-9-7-8-18-34-29)21(3)35-27-19-24(20-28(38)32(27)31)22-12-16-26(40-4)17-13-22/h7-18,24,31,35H,5-6,19-20H2,1-4H3,(H,34,36,39). The second-order valence-electron chi connectivity index (χ2n) is 10.2. The molecule has 2 aliphatic rings. The monoisotopic (exact) mass is 536 g/mol. The largest absolute Gasteiger partial charge is 0.497 e. The molecular weight excluding hydrogens is 500 g/mol. The summed E-state index contributed by atoms with van der Waals surface area (Å²) in [6.07, 6.45) is 2.72. The Hall–Kier alpha value is -4.39. The molecular formula is C33H36N4O3. The quantitative estimate of drug-likeness (QED) is 0.371. The van der Waals surface area contributed by atoms with Crippen molar-refractivity contribution in [2.45, 2.75) is 45.4 Å². The Kier molecular flexibility index (Phi) is 8.01. The number of pyridine rings is 1. The number of carbonyl (C=O) groups is 2. The lowest BCUT2D eigenvalue weighted by atomic mass is 9.71. The van der Waals surface area contributed by atoms with E-state index in [0.717, 1.165) is 47.0 Å². The van der Waals surface area contributed by atoms with Crippen LogP contribution in [0.4, 0.5) is 11.5 Å². The van der Waals surface area contributed by atoms with E-state index in [1.165, 1.54) is 0 Å². The number of amides is 1. The number of ketones is 1. The average Bonchev–Trinajstić information content (AvgIpc) is 2.98. The Morgan fingerprint density at radius 2 is 1.70 bits per heavy atom. The van der Waals surface area contributed by atoms with Gasteiger partial charge in [0.25, 0.3) is 5.91 Å². The van der Waals surface area contributed by atoms with Gasteiger partial charge in [0, 0.05) is 59.9 Å². The third kappa shape index (κ3) is 5.37. The number of carbonyl (C=O) groups excluding carboxylic acids is 2. The normalized spacial score (nSPS) is 18.6. The number of Topliss-reactive ketones (excluding diaryl/α,β-unsaturated/α-hetero) is 1. The van der Waals surface area contributed by atoms with Crippen LogP contribution in [-0.4, -0.2) is 36.9 Å². The van der Waals surface area contributed by atoms with E-state index in [1.54, 1.807) is 25.4 Å². The second-order valence-corrected chi connectivity index (χ2v) is 10.2.